The van der Waals surface area contributed by atoms with Crippen molar-refractivity contribution in [3.8, 4) is 11.4 Å². The maximum atomic E-state index is 13.4. The molecule has 0 aliphatic carbocycles. The molecule has 1 fully saturated rings. The number of rotatable bonds is 8. The Hall–Kier alpha value is -2.65. The fourth-order valence-corrected chi connectivity index (χ4v) is 4.38. The molecule has 1 aromatic carbocycles. The van der Waals surface area contributed by atoms with Crippen molar-refractivity contribution < 1.29 is 18.3 Å². The SMILES string of the molecule is Cc1ccc(CN(C)C(=O)CSc2nnc(-c3ccc(F)cc3)n2CC2CCCO2)o1. The number of amides is 1. The standard InChI is InChI=1S/C22H25FN4O3S/c1-15-5-10-19(30-15)12-26(2)20(28)14-31-22-25-24-21(16-6-8-17(23)9-7-16)27(22)13-18-4-3-11-29-18/h5-10,18H,3-4,11-14H2,1-2H3. The van der Waals surface area contributed by atoms with Gasteiger partial charge in [-0.2, -0.15) is 0 Å². The minimum Gasteiger partial charge on any atom is -0.464 e. The minimum absolute atomic E-state index is 0.0333. The number of benzene rings is 1. The van der Waals surface area contributed by atoms with E-state index in [9.17, 15) is 9.18 Å². The first-order valence-corrected chi connectivity index (χ1v) is 11.2. The van der Waals surface area contributed by atoms with Crippen LogP contribution in [0.4, 0.5) is 4.39 Å². The van der Waals surface area contributed by atoms with Gasteiger partial charge in [-0.15, -0.1) is 10.2 Å². The van der Waals surface area contributed by atoms with Crippen LogP contribution in [0.15, 0.2) is 46.0 Å². The van der Waals surface area contributed by atoms with E-state index in [-0.39, 0.29) is 23.6 Å². The molecule has 3 heterocycles. The summed E-state index contributed by atoms with van der Waals surface area (Å²) in [5.74, 6) is 2.10. The Morgan fingerprint density at radius 1 is 1.26 bits per heavy atom. The molecule has 1 aliphatic rings. The van der Waals surface area contributed by atoms with Crippen LogP contribution in [0.3, 0.4) is 0 Å². The molecule has 164 valence electrons. The van der Waals surface area contributed by atoms with Crippen molar-refractivity contribution in [1.82, 2.24) is 19.7 Å². The van der Waals surface area contributed by atoms with Gasteiger partial charge in [0.2, 0.25) is 5.91 Å². The van der Waals surface area contributed by atoms with Crippen LogP contribution in [-0.2, 0) is 22.6 Å². The molecule has 7 nitrogen and oxygen atoms in total. The summed E-state index contributed by atoms with van der Waals surface area (Å²) in [6, 6.07) is 9.94. The van der Waals surface area contributed by atoms with Crippen LogP contribution in [0, 0.1) is 12.7 Å². The highest BCUT2D eigenvalue weighted by molar-refractivity contribution is 7.99. The van der Waals surface area contributed by atoms with Crippen molar-refractivity contribution in [2.75, 3.05) is 19.4 Å². The lowest BCUT2D eigenvalue weighted by molar-refractivity contribution is -0.127. The Morgan fingerprint density at radius 2 is 2.06 bits per heavy atom. The first kappa shape index (κ1) is 21.6. The van der Waals surface area contributed by atoms with Crippen LogP contribution in [0.25, 0.3) is 11.4 Å². The first-order valence-electron chi connectivity index (χ1n) is 10.2. The summed E-state index contributed by atoms with van der Waals surface area (Å²) < 4.78 is 26.7. The number of nitrogens with zero attached hydrogens (tertiary/aromatic N) is 4. The van der Waals surface area contributed by atoms with Gasteiger partial charge in [0.1, 0.15) is 17.3 Å². The zero-order chi connectivity index (χ0) is 21.8. The number of thioether (sulfide) groups is 1. The van der Waals surface area contributed by atoms with Crippen LogP contribution in [0.1, 0.15) is 24.4 Å². The molecule has 3 aromatic rings. The monoisotopic (exact) mass is 444 g/mol. The van der Waals surface area contributed by atoms with Gasteiger partial charge in [-0.1, -0.05) is 11.8 Å². The smallest absolute Gasteiger partial charge is 0.233 e. The Bertz CT molecular complexity index is 1030. The molecule has 0 saturated carbocycles. The predicted molar refractivity (Wildman–Crippen MR) is 115 cm³/mol. The zero-order valence-corrected chi connectivity index (χ0v) is 18.4. The molecule has 2 aromatic heterocycles. The Balaban J connectivity index is 1.47. The van der Waals surface area contributed by atoms with Gasteiger partial charge in [0.05, 0.1) is 24.9 Å². The van der Waals surface area contributed by atoms with Crippen LogP contribution in [0.2, 0.25) is 0 Å². The van der Waals surface area contributed by atoms with Crippen molar-refractivity contribution in [2.24, 2.45) is 0 Å². The minimum atomic E-state index is -0.302. The molecule has 0 bridgehead atoms. The fraction of sp³-hybridized carbons (Fsp3) is 0.409. The second-order valence-electron chi connectivity index (χ2n) is 7.61. The van der Waals surface area contributed by atoms with Gasteiger partial charge in [0.15, 0.2) is 11.0 Å². The van der Waals surface area contributed by atoms with Crippen molar-refractivity contribution in [3.05, 3.63) is 53.7 Å². The molecular formula is C22H25FN4O3S. The maximum absolute atomic E-state index is 13.4. The van der Waals surface area contributed by atoms with Gasteiger partial charge in [0.25, 0.3) is 0 Å². The largest absolute Gasteiger partial charge is 0.464 e. The van der Waals surface area contributed by atoms with Crippen molar-refractivity contribution in [2.45, 2.75) is 44.1 Å². The van der Waals surface area contributed by atoms with Gasteiger partial charge >= 0.3 is 0 Å². The van der Waals surface area contributed by atoms with Crippen molar-refractivity contribution >= 4 is 17.7 Å². The average molecular weight is 445 g/mol. The molecule has 0 radical (unpaired) electrons. The second-order valence-corrected chi connectivity index (χ2v) is 8.55. The van der Waals surface area contributed by atoms with Crippen LogP contribution < -0.4 is 0 Å². The Morgan fingerprint density at radius 3 is 2.74 bits per heavy atom. The van der Waals surface area contributed by atoms with E-state index >= 15 is 0 Å². The third kappa shape index (κ3) is 5.34. The highest BCUT2D eigenvalue weighted by Crippen LogP contribution is 2.27. The zero-order valence-electron chi connectivity index (χ0n) is 17.6. The van der Waals surface area contributed by atoms with E-state index in [1.807, 2.05) is 23.6 Å². The Labute approximate surface area is 184 Å². The second kappa shape index (κ2) is 9.65. The van der Waals surface area contributed by atoms with E-state index in [0.29, 0.717) is 24.1 Å². The average Bonchev–Trinajstić information content (AvgIpc) is 3.50. The molecule has 0 N–H and O–H groups in total. The van der Waals surface area contributed by atoms with E-state index in [2.05, 4.69) is 10.2 Å². The fourth-order valence-electron chi connectivity index (χ4n) is 3.49. The third-order valence-corrected chi connectivity index (χ3v) is 6.12. The van der Waals surface area contributed by atoms with E-state index in [0.717, 1.165) is 36.5 Å². The topological polar surface area (TPSA) is 73.4 Å². The molecule has 1 saturated heterocycles. The van der Waals surface area contributed by atoms with Crippen LogP contribution in [0.5, 0.6) is 0 Å². The summed E-state index contributed by atoms with van der Waals surface area (Å²) in [6.07, 6.45) is 2.07. The van der Waals surface area contributed by atoms with Gasteiger partial charge < -0.3 is 14.1 Å². The lowest BCUT2D eigenvalue weighted by Gasteiger charge is -2.17. The van der Waals surface area contributed by atoms with E-state index < -0.39 is 0 Å². The number of aryl methyl sites for hydroxylation is 1. The molecule has 4 rings (SSSR count). The van der Waals surface area contributed by atoms with E-state index in [1.54, 1.807) is 24.1 Å². The molecule has 0 spiro atoms. The maximum Gasteiger partial charge on any atom is 0.233 e. The van der Waals surface area contributed by atoms with Gasteiger partial charge in [-0.25, -0.2) is 4.39 Å². The summed E-state index contributed by atoms with van der Waals surface area (Å²) in [4.78, 5) is 14.3. The molecule has 1 aliphatic heterocycles. The van der Waals surface area contributed by atoms with Gasteiger partial charge in [-0.05, 0) is 56.2 Å². The van der Waals surface area contributed by atoms with Crippen molar-refractivity contribution in [1.29, 1.82) is 0 Å². The highest BCUT2D eigenvalue weighted by Gasteiger charge is 2.23. The lowest BCUT2D eigenvalue weighted by atomic mass is 10.2. The molecule has 31 heavy (non-hydrogen) atoms. The number of ether oxygens (including phenoxy) is 1. The summed E-state index contributed by atoms with van der Waals surface area (Å²) in [5.41, 5.74) is 0.774. The number of carbonyl (C=O) groups is 1. The van der Waals surface area contributed by atoms with Crippen molar-refractivity contribution in [3.63, 3.8) is 0 Å². The number of aromatic nitrogens is 3. The first-order chi connectivity index (χ1) is 15.0. The summed E-state index contributed by atoms with van der Waals surface area (Å²) in [5, 5.41) is 9.28. The summed E-state index contributed by atoms with van der Waals surface area (Å²) in [6.45, 7) is 3.63. The van der Waals surface area contributed by atoms with E-state index in [1.165, 1.54) is 23.9 Å². The molecule has 1 unspecified atom stereocenters. The number of carbonyl (C=O) groups excluding carboxylic acids is 1. The van der Waals surface area contributed by atoms with Crippen LogP contribution in [-0.4, -0.2) is 51.1 Å². The van der Waals surface area contributed by atoms with Crippen LogP contribution >= 0.6 is 11.8 Å². The normalized spacial score (nSPS) is 16.0. The van der Waals surface area contributed by atoms with Gasteiger partial charge in [-0.3, -0.25) is 9.36 Å². The summed E-state index contributed by atoms with van der Waals surface area (Å²) >= 11 is 1.34. The number of furan rings is 1. The number of hydrogen-bond acceptors (Lipinski definition) is 6. The quantitative estimate of drug-likeness (QED) is 0.491. The number of hydrogen-bond donors (Lipinski definition) is 0. The molecule has 1 amide bonds. The predicted octanol–water partition coefficient (Wildman–Crippen LogP) is 3.92. The molecule has 9 heteroatoms. The third-order valence-electron chi connectivity index (χ3n) is 5.17. The highest BCUT2D eigenvalue weighted by atomic mass is 32.2. The van der Waals surface area contributed by atoms with Gasteiger partial charge in [0, 0.05) is 19.2 Å². The lowest BCUT2D eigenvalue weighted by Crippen LogP contribution is -2.27. The van der Waals surface area contributed by atoms with E-state index in [4.69, 9.17) is 9.15 Å². The summed E-state index contributed by atoms with van der Waals surface area (Å²) in [7, 11) is 1.75. The number of halogens is 1. The molecular weight excluding hydrogens is 419 g/mol. The molecule has 1 atom stereocenters. The Kier molecular flexibility index (Phi) is 6.72.